The molecule has 5 heteroatoms. The fourth-order valence-electron chi connectivity index (χ4n) is 1.36. The van der Waals surface area contributed by atoms with E-state index in [1.165, 1.54) is 0 Å². The largest absolute Gasteiger partial charge is 0.323 e. The Bertz CT molecular complexity index is 419. The molecule has 0 atom stereocenters. The van der Waals surface area contributed by atoms with Crippen molar-refractivity contribution in [3.63, 3.8) is 0 Å². The molecule has 1 N–H and O–H groups in total. The molecule has 0 aliphatic carbocycles. The maximum absolute atomic E-state index is 11.5. The molecule has 88 valence electrons. The molecule has 0 saturated carbocycles. The van der Waals surface area contributed by atoms with Crippen LogP contribution in [0.2, 0.25) is 10.2 Å². The van der Waals surface area contributed by atoms with Crippen LogP contribution >= 0.6 is 23.2 Å². The summed E-state index contributed by atoms with van der Waals surface area (Å²) in [6, 6.07) is 0. The predicted octanol–water partition coefficient (Wildman–Crippen LogP) is 3.74. The molecule has 1 aromatic rings. The molecule has 1 amide bonds. The van der Waals surface area contributed by atoms with Crippen molar-refractivity contribution in [1.29, 1.82) is 0 Å². The van der Waals surface area contributed by atoms with Crippen molar-refractivity contribution in [1.82, 2.24) is 4.98 Å². The minimum absolute atomic E-state index is 0.0748. The lowest BCUT2D eigenvalue weighted by Crippen LogP contribution is -2.13. The number of hydrogen-bond donors (Lipinski definition) is 1. The van der Waals surface area contributed by atoms with Gasteiger partial charge in [-0.15, -0.1) is 0 Å². The average Bonchev–Trinajstić information content (AvgIpc) is 2.22. The van der Waals surface area contributed by atoms with Crippen LogP contribution in [0.3, 0.4) is 0 Å². The molecule has 0 unspecified atom stereocenters. The Hall–Kier alpha value is -0.800. The molecule has 3 nitrogen and oxygen atoms in total. The molecule has 0 spiro atoms. The number of carbonyl (C=O) groups excluding carboxylic acids is 1. The van der Waals surface area contributed by atoms with Gasteiger partial charge in [0.05, 0.1) is 16.4 Å². The lowest BCUT2D eigenvalue weighted by Gasteiger charge is -2.12. The Morgan fingerprint density at radius 2 is 2.00 bits per heavy atom. The van der Waals surface area contributed by atoms with Gasteiger partial charge >= 0.3 is 0 Å². The zero-order valence-electron chi connectivity index (χ0n) is 9.53. The molecular formula is C11H14Cl2N2O. The molecule has 0 saturated heterocycles. The second kappa shape index (κ2) is 5.51. The number of amides is 1. The summed E-state index contributed by atoms with van der Waals surface area (Å²) in [6.07, 6.45) is 1.25. The molecule has 0 aliphatic rings. The van der Waals surface area contributed by atoms with Crippen LogP contribution < -0.4 is 5.32 Å². The van der Waals surface area contributed by atoms with Crippen molar-refractivity contribution in [3.8, 4) is 0 Å². The third-order valence-corrected chi connectivity index (χ3v) is 3.07. The van der Waals surface area contributed by atoms with E-state index in [2.05, 4.69) is 10.3 Å². The SMILES string of the molecule is CCCC(=O)Nc1c(Cl)nc(C)c(Cl)c1C. The zero-order chi connectivity index (χ0) is 12.3. The van der Waals surface area contributed by atoms with E-state index >= 15 is 0 Å². The molecule has 0 aromatic carbocycles. The van der Waals surface area contributed by atoms with E-state index < -0.39 is 0 Å². The molecule has 0 aliphatic heterocycles. The Morgan fingerprint density at radius 1 is 1.38 bits per heavy atom. The highest BCUT2D eigenvalue weighted by Crippen LogP contribution is 2.31. The van der Waals surface area contributed by atoms with Gasteiger partial charge in [-0.3, -0.25) is 4.79 Å². The van der Waals surface area contributed by atoms with Crippen LogP contribution in [0.1, 0.15) is 31.0 Å². The summed E-state index contributed by atoms with van der Waals surface area (Å²) in [4.78, 5) is 15.5. The highest BCUT2D eigenvalue weighted by molar-refractivity contribution is 6.35. The van der Waals surface area contributed by atoms with E-state index in [9.17, 15) is 4.79 Å². The number of hydrogen-bond acceptors (Lipinski definition) is 2. The standard InChI is InChI=1S/C11H14Cl2N2O/c1-4-5-8(16)15-10-6(2)9(12)7(3)14-11(10)13/h4-5H2,1-3H3,(H,15,16). The third-order valence-electron chi connectivity index (χ3n) is 2.24. The van der Waals surface area contributed by atoms with Crippen LogP contribution in [0, 0.1) is 13.8 Å². The normalized spacial score (nSPS) is 10.3. The second-order valence-corrected chi connectivity index (χ2v) is 4.34. The highest BCUT2D eigenvalue weighted by atomic mass is 35.5. The predicted molar refractivity (Wildman–Crippen MR) is 67.3 cm³/mol. The van der Waals surface area contributed by atoms with Crippen LogP contribution in [0.15, 0.2) is 0 Å². The summed E-state index contributed by atoms with van der Waals surface area (Å²) in [6.45, 7) is 5.53. The van der Waals surface area contributed by atoms with Gasteiger partial charge in [0.15, 0.2) is 5.15 Å². The van der Waals surface area contributed by atoms with Gasteiger partial charge in [-0.2, -0.15) is 0 Å². The lowest BCUT2D eigenvalue weighted by molar-refractivity contribution is -0.116. The molecule has 1 rings (SSSR count). The maximum atomic E-state index is 11.5. The number of nitrogens with one attached hydrogen (secondary N) is 1. The summed E-state index contributed by atoms with van der Waals surface area (Å²) < 4.78 is 0. The summed E-state index contributed by atoms with van der Waals surface area (Å²) in [5.74, 6) is -0.0748. The van der Waals surface area contributed by atoms with Gasteiger partial charge < -0.3 is 5.32 Å². The van der Waals surface area contributed by atoms with Crippen LogP contribution in [-0.2, 0) is 4.79 Å². The van der Waals surface area contributed by atoms with Crippen molar-refractivity contribution >= 4 is 34.8 Å². The average molecular weight is 261 g/mol. The van der Waals surface area contributed by atoms with Crippen molar-refractivity contribution < 1.29 is 4.79 Å². The van der Waals surface area contributed by atoms with E-state index in [0.717, 1.165) is 12.0 Å². The first-order chi connectivity index (χ1) is 7.47. The molecule has 1 heterocycles. The highest BCUT2D eigenvalue weighted by Gasteiger charge is 2.14. The van der Waals surface area contributed by atoms with Crippen LogP contribution in [0.5, 0.6) is 0 Å². The zero-order valence-corrected chi connectivity index (χ0v) is 11.0. The molecule has 16 heavy (non-hydrogen) atoms. The van der Waals surface area contributed by atoms with E-state index in [1.807, 2.05) is 13.8 Å². The first-order valence-electron chi connectivity index (χ1n) is 5.09. The minimum atomic E-state index is -0.0748. The Labute approximate surface area is 105 Å². The summed E-state index contributed by atoms with van der Waals surface area (Å²) in [7, 11) is 0. The van der Waals surface area contributed by atoms with Crippen molar-refractivity contribution in [2.45, 2.75) is 33.6 Å². The fraction of sp³-hybridized carbons (Fsp3) is 0.455. The fourth-order valence-corrected chi connectivity index (χ4v) is 1.81. The monoisotopic (exact) mass is 260 g/mol. The number of carbonyl (C=O) groups is 1. The van der Waals surface area contributed by atoms with Gasteiger partial charge in [0.1, 0.15) is 0 Å². The minimum Gasteiger partial charge on any atom is -0.323 e. The quantitative estimate of drug-likeness (QED) is 0.842. The number of nitrogens with zero attached hydrogens (tertiary/aromatic N) is 1. The van der Waals surface area contributed by atoms with Crippen molar-refractivity contribution in [2.24, 2.45) is 0 Å². The number of halogens is 2. The van der Waals surface area contributed by atoms with E-state index in [-0.39, 0.29) is 11.1 Å². The topological polar surface area (TPSA) is 42.0 Å². The molecular weight excluding hydrogens is 247 g/mol. The number of anilines is 1. The Balaban J connectivity index is 3.05. The second-order valence-electron chi connectivity index (χ2n) is 3.60. The first-order valence-corrected chi connectivity index (χ1v) is 5.85. The Morgan fingerprint density at radius 3 is 2.56 bits per heavy atom. The third kappa shape index (κ3) is 2.86. The van der Waals surface area contributed by atoms with Gasteiger partial charge in [-0.05, 0) is 25.8 Å². The first kappa shape index (κ1) is 13.3. The molecule has 0 bridgehead atoms. The molecule has 1 aromatic heterocycles. The molecule has 0 fully saturated rings. The van der Waals surface area contributed by atoms with Crippen LogP contribution in [0.25, 0.3) is 0 Å². The smallest absolute Gasteiger partial charge is 0.224 e. The summed E-state index contributed by atoms with van der Waals surface area (Å²) in [5.41, 5.74) is 1.93. The summed E-state index contributed by atoms with van der Waals surface area (Å²) >= 11 is 12.0. The summed E-state index contributed by atoms with van der Waals surface area (Å²) in [5, 5.41) is 3.55. The van der Waals surface area contributed by atoms with E-state index in [0.29, 0.717) is 22.8 Å². The van der Waals surface area contributed by atoms with Gasteiger partial charge in [-0.25, -0.2) is 4.98 Å². The number of rotatable bonds is 3. The number of pyridine rings is 1. The van der Waals surface area contributed by atoms with E-state index in [4.69, 9.17) is 23.2 Å². The van der Waals surface area contributed by atoms with Crippen LogP contribution in [-0.4, -0.2) is 10.9 Å². The van der Waals surface area contributed by atoms with Gasteiger partial charge in [0, 0.05) is 6.42 Å². The Kier molecular flexibility index (Phi) is 4.56. The van der Waals surface area contributed by atoms with Crippen LogP contribution in [0.4, 0.5) is 5.69 Å². The van der Waals surface area contributed by atoms with Crippen molar-refractivity contribution in [2.75, 3.05) is 5.32 Å². The number of aromatic nitrogens is 1. The van der Waals surface area contributed by atoms with E-state index in [1.54, 1.807) is 6.92 Å². The molecule has 0 radical (unpaired) electrons. The van der Waals surface area contributed by atoms with Gasteiger partial charge in [0.25, 0.3) is 0 Å². The lowest BCUT2D eigenvalue weighted by atomic mass is 10.2. The van der Waals surface area contributed by atoms with Gasteiger partial charge in [0.2, 0.25) is 5.91 Å². The number of aryl methyl sites for hydroxylation is 1. The van der Waals surface area contributed by atoms with Gasteiger partial charge in [-0.1, -0.05) is 30.1 Å². The maximum Gasteiger partial charge on any atom is 0.224 e. The van der Waals surface area contributed by atoms with Crippen molar-refractivity contribution in [3.05, 3.63) is 21.4 Å².